The maximum absolute atomic E-state index is 12.4. The molecule has 3 aromatic rings. The first-order valence-corrected chi connectivity index (χ1v) is 7.46. The van der Waals surface area contributed by atoms with Crippen molar-refractivity contribution < 1.29 is 9.21 Å². The van der Waals surface area contributed by atoms with Gasteiger partial charge in [0, 0.05) is 14.9 Å². The van der Waals surface area contributed by atoms with E-state index in [4.69, 9.17) is 16.0 Å². The fraction of sp³-hybridized carbons (Fsp3) is 0.0625. The van der Waals surface area contributed by atoms with Gasteiger partial charge >= 0.3 is 0 Å². The van der Waals surface area contributed by atoms with E-state index < -0.39 is 0 Å². The number of hydrogen-bond acceptors (Lipinski definition) is 2. The summed E-state index contributed by atoms with van der Waals surface area (Å²) in [7, 11) is 0. The van der Waals surface area contributed by atoms with Crippen molar-refractivity contribution >= 4 is 50.1 Å². The van der Waals surface area contributed by atoms with Gasteiger partial charge < -0.3 is 9.73 Å². The highest BCUT2D eigenvalue weighted by Crippen LogP contribution is 2.30. The molecule has 0 spiro atoms. The van der Waals surface area contributed by atoms with Crippen molar-refractivity contribution in [1.82, 2.24) is 0 Å². The molecule has 3 rings (SSSR count). The molecule has 21 heavy (non-hydrogen) atoms. The van der Waals surface area contributed by atoms with Crippen LogP contribution in [0.15, 0.2) is 51.6 Å². The van der Waals surface area contributed by atoms with E-state index in [1.165, 1.54) is 6.26 Å². The Morgan fingerprint density at radius 2 is 2.05 bits per heavy atom. The number of anilines is 1. The van der Waals surface area contributed by atoms with E-state index in [1.807, 2.05) is 37.3 Å². The molecule has 0 bridgehead atoms. The highest BCUT2D eigenvalue weighted by Gasteiger charge is 2.15. The zero-order chi connectivity index (χ0) is 15.0. The highest BCUT2D eigenvalue weighted by molar-refractivity contribution is 9.10. The topological polar surface area (TPSA) is 42.2 Å². The number of carbonyl (C=O) groups is 1. The fourth-order valence-corrected chi connectivity index (χ4v) is 2.81. The van der Waals surface area contributed by atoms with Crippen LogP contribution in [0.2, 0.25) is 5.02 Å². The third-order valence-electron chi connectivity index (χ3n) is 3.22. The van der Waals surface area contributed by atoms with Crippen LogP contribution >= 0.6 is 27.5 Å². The van der Waals surface area contributed by atoms with E-state index in [0.29, 0.717) is 21.9 Å². The Labute approximate surface area is 135 Å². The lowest BCUT2D eigenvalue weighted by molar-refractivity contribution is 0.102. The Morgan fingerprint density at radius 3 is 2.86 bits per heavy atom. The quantitative estimate of drug-likeness (QED) is 0.660. The van der Waals surface area contributed by atoms with Crippen molar-refractivity contribution in [1.29, 1.82) is 0 Å². The molecule has 0 unspecified atom stereocenters. The summed E-state index contributed by atoms with van der Waals surface area (Å²) in [4.78, 5) is 12.4. The minimum atomic E-state index is -0.236. The van der Waals surface area contributed by atoms with Gasteiger partial charge in [0.05, 0.1) is 11.3 Å². The molecule has 0 aliphatic rings. The van der Waals surface area contributed by atoms with Gasteiger partial charge in [0.15, 0.2) is 0 Å². The van der Waals surface area contributed by atoms with Crippen LogP contribution in [-0.4, -0.2) is 5.91 Å². The SMILES string of the molecule is Cc1cc(Br)c(NC(=O)c2coc3ccccc23)cc1Cl. The van der Waals surface area contributed by atoms with Gasteiger partial charge in [-0.15, -0.1) is 0 Å². The van der Waals surface area contributed by atoms with Gasteiger partial charge in [-0.3, -0.25) is 4.79 Å². The van der Waals surface area contributed by atoms with Crippen LogP contribution in [0.25, 0.3) is 11.0 Å². The molecule has 1 amide bonds. The van der Waals surface area contributed by atoms with E-state index in [-0.39, 0.29) is 5.91 Å². The molecule has 0 aliphatic carbocycles. The summed E-state index contributed by atoms with van der Waals surface area (Å²) in [6.07, 6.45) is 1.46. The van der Waals surface area contributed by atoms with Crippen molar-refractivity contribution in [3.8, 4) is 0 Å². The number of benzene rings is 2. The summed E-state index contributed by atoms with van der Waals surface area (Å²) >= 11 is 9.52. The van der Waals surface area contributed by atoms with Crippen molar-refractivity contribution in [3.63, 3.8) is 0 Å². The smallest absolute Gasteiger partial charge is 0.259 e. The van der Waals surface area contributed by atoms with Gasteiger partial charge in [0.25, 0.3) is 5.91 Å². The average Bonchev–Trinajstić information content (AvgIpc) is 2.88. The third-order valence-corrected chi connectivity index (χ3v) is 4.29. The fourth-order valence-electron chi connectivity index (χ4n) is 2.09. The first kappa shape index (κ1) is 14.2. The van der Waals surface area contributed by atoms with Gasteiger partial charge in [-0.05, 0) is 46.6 Å². The molecule has 3 nitrogen and oxygen atoms in total. The van der Waals surface area contributed by atoms with Crippen LogP contribution in [0, 0.1) is 6.92 Å². The molecule has 1 aromatic heterocycles. The highest BCUT2D eigenvalue weighted by atomic mass is 79.9. The average molecular weight is 365 g/mol. The molecular weight excluding hydrogens is 354 g/mol. The maximum atomic E-state index is 12.4. The lowest BCUT2D eigenvalue weighted by atomic mass is 10.1. The van der Waals surface area contributed by atoms with Gasteiger partial charge in [-0.2, -0.15) is 0 Å². The maximum Gasteiger partial charge on any atom is 0.259 e. The summed E-state index contributed by atoms with van der Waals surface area (Å²) in [6.45, 7) is 1.91. The molecular formula is C16H11BrClNO2. The van der Waals surface area contributed by atoms with Crippen LogP contribution in [-0.2, 0) is 0 Å². The summed E-state index contributed by atoms with van der Waals surface area (Å²) in [5, 5.41) is 4.23. The minimum absolute atomic E-state index is 0.236. The Morgan fingerprint density at radius 1 is 1.29 bits per heavy atom. The van der Waals surface area contributed by atoms with E-state index in [0.717, 1.165) is 15.4 Å². The second-order valence-corrected chi connectivity index (χ2v) is 5.94. The predicted octanol–water partition coefficient (Wildman–Crippen LogP) is 5.41. The summed E-state index contributed by atoms with van der Waals surface area (Å²) in [6, 6.07) is 11.0. The lowest BCUT2D eigenvalue weighted by Gasteiger charge is -2.09. The Balaban J connectivity index is 1.95. The normalized spacial score (nSPS) is 10.8. The first-order chi connectivity index (χ1) is 10.1. The van der Waals surface area contributed by atoms with E-state index in [2.05, 4.69) is 21.2 Å². The zero-order valence-electron chi connectivity index (χ0n) is 11.1. The Hall–Kier alpha value is -1.78. The molecule has 0 radical (unpaired) electrons. The minimum Gasteiger partial charge on any atom is -0.463 e. The standard InChI is InChI=1S/C16H11BrClNO2/c1-9-6-12(17)14(7-13(9)18)19-16(20)11-8-21-15-5-3-2-4-10(11)15/h2-8H,1H3,(H,19,20). The summed E-state index contributed by atoms with van der Waals surface area (Å²) in [5.41, 5.74) is 2.74. The Kier molecular flexibility index (Phi) is 3.74. The third kappa shape index (κ3) is 2.69. The van der Waals surface area contributed by atoms with Gasteiger partial charge in [0.2, 0.25) is 0 Å². The molecule has 5 heteroatoms. The van der Waals surface area contributed by atoms with Gasteiger partial charge in [0.1, 0.15) is 11.8 Å². The number of amides is 1. The van der Waals surface area contributed by atoms with Crippen LogP contribution in [0.3, 0.4) is 0 Å². The number of nitrogens with one attached hydrogen (secondary N) is 1. The van der Waals surface area contributed by atoms with Gasteiger partial charge in [-0.25, -0.2) is 0 Å². The molecule has 0 aliphatic heterocycles. The molecule has 0 saturated heterocycles. The monoisotopic (exact) mass is 363 g/mol. The number of furan rings is 1. The van der Waals surface area contributed by atoms with Crippen LogP contribution < -0.4 is 5.32 Å². The number of aryl methyl sites for hydroxylation is 1. The number of para-hydroxylation sites is 1. The predicted molar refractivity (Wildman–Crippen MR) is 88.1 cm³/mol. The van der Waals surface area contributed by atoms with Crippen molar-refractivity contribution in [2.75, 3.05) is 5.32 Å². The second kappa shape index (κ2) is 5.54. The zero-order valence-corrected chi connectivity index (χ0v) is 13.5. The van der Waals surface area contributed by atoms with Crippen LogP contribution in [0.4, 0.5) is 5.69 Å². The number of rotatable bonds is 2. The molecule has 0 fully saturated rings. The molecule has 1 heterocycles. The molecule has 2 aromatic carbocycles. The number of halogens is 2. The lowest BCUT2D eigenvalue weighted by Crippen LogP contribution is -2.11. The van der Waals surface area contributed by atoms with Crippen molar-refractivity contribution in [2.24, 2.45) is 0 Å². The van der Waals surface area contributed by atoms with Crippen LogP contribution in [0.1, 0.15) is 15.9 Å². The summed E-state index contributed by atoms with van der Waals surface area (Å²) in [5.74, 6) is -0.236. The van der Waals surface area contributed by atoms with E-state index in [1.54, 1.807) is 6.07 Å². The van der Waals surface area contributed by atoms with Crippen molar-refractivity contribution in [2.45, 2.75) is 6.92 Å². The number of carbonyl (C=O) groups excluding carboxylic acids is 1. The van der Waals surface area contributed by atoms with Crippen molar-refractivity contribution in [3.05, 3.63) is 63.3 Å². The second-order valence-electron chi connectivity index (χ2n) is 4.68. The molecule has 0 saturated carbocycles. The van der Waals surface area contributed by atoms with E-state index in [9.17, 15) is 4.79 Å². The largest absolute Gasteiger partial charge is 0.463 e. The Bertz CT molecular complexity index is 841. The van der Waals surface area contributed by atoms with Gasteiger partial charge in [-0.1, -0.05) is 29.8 Å². The molecule has 0 atom stereocenters. The summed E-state index contributed by atoms with van der Waals surface area (Å²) < 4.78 is 6.17. The van der Waals surface area contributed by atoms with Crippen LogP contribution in [0.5, 0.6) is 0 Å². The number of hydrogen-bond donors (Lipinski definition) is 1. The molecule has 106 valence electrons. The molecule has 1 N–H and O–H groups in total. The number of fused-ring (bicyclic) bond motifs is 1. The van der Waals surface area contributed by atoms with E-state index >= 15 is 0 Å². The first-order valence-electron chi connectivity index (χ1n) is 6.29.